The molecule has 6 heteroatoms. The molecule has 1 N–H and O–H groups in total. The Morgan fingerprint density at radius 2 is 1.96 bits per heavy atom. The number of carbonyl (C=O) groups is 1. The Hall–Kier alpha value is -2.47. The summed E-state index contributed by atoms with van der Waals surface area (Å²) in [7, 11) is 3.25. The van der Waals surface area contributed by atoms with E-state index in [1.807, 2.05) is 42.2 Å². The van der Waals surface area contributed by atoms with Crippen molar-refractivity contribution in [3.05, 3.63) is 47.4 Å². The second-order valence-corrected chi connectivity index (χ2v) is 7.34. The maximum Gasteiger partial charge on any atom is 0.236 e. The van der Waals surface area contributed by atoms with Gasteiger partial charge in [-0.3, -0.25) is 4.79 Å². The summed E-state index contributed by atoms with van der Waals surface area (Å²) < 4.78 is 16.4. The minimum absolute atomic E-state index is 0.0928. The van der Waals surface area contributed by atoms with Crippen molar-refractivity contribution in [2.75, 3.05) is 33.9 Å². The number of furan rings is 1. The topological polar surface area (TPSA) is 63.9 Å². The fourth-order valence-electron chi connectivity index (χ4n) is 3.17. The highest BCUT2D eigenvalue weighted by atomic mass is 16.5. The Bertz CT molecular complexity index is 783. The first-order valence-corrected chi connectivity index (χ1v) is 9.83. The molecule has 1 aromatic heterocycles. The van der Waals surface area contributed by atoms with Gasteiger partial charge in [0.2, 0.25) is 5.91 Å². The van der Waals surface area contributed by atoms with Gasteiger partial charge in [0.05, 0.1) is 27.3 Å². The van der Waals surface area contributed by atoms with Crippen LogP contribution in [0.5, 0.6) is 11.5 Å². The van der Waals surface area contributed by atoms with Crippen LogP contribution in [-0.4, -0.2) is 44.7 Å². The standard InChI is InChI=1S/C22H30N2O4/c1-16-4-8-19(28-16)15-24(22(25)14-23-13-18-5-6-18)11-10-17-7-9-20(26-2)21(12-17)27-3/h4,7-9,12,18,23H,5-6,10-11,13-15H2,1-3H3. The number of amides is 1. The van der Waals surface area contributed by atoms with Crippen molar-refractivity contribution in [1.29, 1.82) is 0 Å². The molecule has 1 aliphatic carbocycles. The second kappa shape index (κ2) is 9.64. The van der Waals surface area contributed by atoms with E-state index < -0.39 is 0 Å². The maximum absolute atomic E-state index is 12.8. The van der Waals surface area contributed by atoms with Crippen LogP contribution in [0, 0.1) is 12.8 Å². The summed E-state index contributed by atoms with van der Waals surface area (Å²) >= 11 is 0. The van der Waals surface area contributed by atoms with Crippen LogP contribution in [0.4, 0.5) is 0 Å². The third kappa shape index (κ3) is 5.76. The van der Waals surface area contributed by atoms with Crippen LogP contribution in [0.3, 0.4) is 0 Å². The minimum atomic E-state index is 0.0928. The molecule has 0 aliphatic heterocycles. The first kappa shape index (κ1) is 20.3. The zero-order valence-corrected chi connectivity index (χ0v) is 17.0. The van der Waals surface area contributed by atoms with E-state index in [-0.39, 0.29) is 5.91 Å². The first-order valence-electron chi connectivity index (χ1n) is 9.83. The summed E-state index contributed by atoms with van der Waals surface area (Å²) in [4.78, 5) is 14.6. The molecular weight excluding hydrogens is 356 g/mol. The van der Waals surface area contributed by atoms with Crippen molar-refractivity contribution in [3.63, 3.8) is 0 Å². The summed E-state index contributed by atoms with van der Waals surface area (Å²) in [6, 6.07) is 9.73. The fraction of sp³-hybridized carbons (Fsp3) is 0.500. The van der Waals surface area contributed by atoms with E-state index in [4.69, 9.17) is 13.9 Å². The van der Waals surface area contributed by atoms with E-state index in [0.29, 0.717) is 31.1 Å². The highest BCUT2D eigenvalue weighted by Crippen LogP contribution is 2.28. The predicted molar refractivity (Wildman–Crippen MR) is 108 cm³/mol. The molecule has 0 radical (unpaired) electrons. The molecule has 1 heterocycles. The molecule has 0 unspecified atom stereocenters. The number of methoxy groups -OCH3 is 2. The zero-order valence-electron chi connectivity index (χ0n) is 17.0. The van der Waals surface area contributed by atoms with Gasteiger partial charge in [-0.05, 0) is 68.5 Å². The van der Waals surface area contributed by atoms with Gasteiger partial charge in [0.1, 0.15) is 11.5 Å². The van der Waals surface area contributed by atoms with Crippen LogP contribution >= 0.6 is 0 Å². The monoisotopic (exact) mass is 386 g/mol. The normalized spacial score (nSPS) is 13.4. The Balaban J connectivity index is 1.62. The van der Waals surface area contributed by atoms with Gasteiger partial charge in [0.25, 0.3) is 0 Å². The van der Waals surface area contributed by atoms with Crippen molar-refractivity contribution in [1.82, 2.24) is 10.2 Å². The molecule has 2 aromatic rings. The van der Waals surface area contributed by atoms with Gasteiger partial charge in [-0.2, -0.15) is 0 Å². The largest absolute Gasteiger partial charge is 0.493 e. The van der Waals surface area contributed by atoms with Gasteiger partial charge in [0.15, 0.2) is 11.5 Å². The summed E-state index contributed by atoms with van der Waals surface area (Å²) in [5, 5.41) is 3.29. The Kier molecular flexibility index (Phi) is 6.98. The summed E-state index contributed by atoms with van der Waals surface area (Å²) in [5.74, 6) is 3.91. The molecule has 6 nitrogen and oxygen atoms in total. The smallest absolute Gasteiger partial charge is 0.236 e. The summed E-state index contributed by atoms with van der Waals surface area (Å²) in [5.41, 5.74) is 1.09. The second-order valence-electron chi connectivity index (χ2n) is 7.34. The third-order valence-electron chi connectivity index (χ3n) is 5.02. The molecule has 1 fully saturated rings. The third-order valence-corrected chi connectivity index (χ3v) is 5.02. The van der Waals surface area contributed by atoms with Crippen LogP contribution in [-0.2, 0) is 17.8 Å². The Labute approximate surface area is 166 Å². The van der Waals surface area contributed by atoms with E-state index in [0.717, 1.165) is 36.0 Å². The number of ether oxygens (including phenoxy) is 2. The Morgan fingerprint density at radius 3 is 2.61 bits per heavy atom. The van der Waals surface area contributed by atoms with Crippen LogP contribution in [0.15, 0.2) is 34.7 Å². The van der Waals surface area contributed by atoms with Gasteiger partial charge in [-0.25, -0.2) is 0 Å². The number of nitrogens with one attached hydrogen (secondary N) is 1. The molecule has 1 amide bonds. The lowest BCUT2D eigenvalue weighted by molar-refractivity contribution is -0.131. The quantitative estimate of drug-likeness (QED) is 0.643. The molecule has 1 aromatic carbocycles. The number of hydrogen-bond donors (Lipinski definition) is 1. The zero-order chi connectivity index (χ0) is 19.9. The molecule has 0 spiro atoms. The lowest BCUT2D eigenvalue weighted by Gasteiger charge is -2.22. The number of hydrogen-bond acceptors (Lipinski definition) is 5. The molecule has 152 valence electrons. The molecule has 1 saturated carbocycles. The van der Waals surface area contributed by atoms with Crippen LogP contribution in [0.1, 0.15) is 29.9 Å². The average molecular weight is 386 g/mol. The van der Waals surface area contributed by atoms with Gasteiger partial charge in [-0.15, -0.1) is 0 Å². The van der Waals surface area contributed by atoms with E-state index in [2.05, 4.69) is 5.32 Å². The number of nitrogens with zero attached hydrogens (tertiary/aromatic N) is 1. The minimum Gasteiger partial charge on any atom is -0.493 e. The molecular formula is C22H30N2O4. The van der Waals surface area contributed by atoms with Gasteiger partial charge < -0.3 is 24.1 Å². The number of carbonyl (C=O) groups excluding carboxylic acids is 1. The maximum atomic E-state index is 12.8. The van der Waals surface area contributed by atoms with Crippen LogP contribution in [0.2, 0.25) is 0 Å². The highest BCUT2D eigenvalue weighted by molar-refractivity contribution is 5.78. The lowest BCUT2D eigenvalue weighted by Crippen LogP contribution is -2.39. The Morgan fingerprint density at radius 1 is 1.18 bits per heavy atom. The molecule has 3 rings (SSSR count). The molecule has 1 aliphatic rings. The van der Waals surface area contributed by atoms with Crippen molar-refractivity contribution in [3.8, 4) is 11.5 Å². The van der Waals surface area contributed by atoms with E-state index in [9.17, 15) is 4.79 Å². The van der Waals surface area contributed by atoms with E-state index in [1.165, 1.54) is 12.8 Å². The van der Waals surface area contributed by atoms with Crippen LogP contribution < -0.4 is 14.8 Å². The van der Waals surface area contributed by atoms with Gasteiger partial charge in [-0.1, -0.05) is 6.07 Å². The summed E-state index contributed by atoms with van der Waals surface area (Å²) in [6.07, 6.45) is 3.28. The van der Waals surface area contributed by atoms with E-state index in [1.54, 1.807) is 14.2 Å². The first-order chi connectivity index (χ1) is 13.6. The molecule has 0 atom stereocenters. The van der Waals surface area contributed by atoms with Crippen molar-refractivity contribution in [2.45, 2.75) is 32.7 Å². The molecule has 0 saturated heterocycles. The molecule has 28 heavy (non-hydrogen) atoms. The van der Waals surface area contributed by atoms with Crippen LogP contribution in [0.25, 0.3) is 0 Å². The van der Waals surface area contributed by atoms with Crippen molar-refractivity contribution in [2.24, 2.45) is 5.92 Å². The average Bonchev–Trinajstić information content (AvgIpc) is 3.44. The van der Waals surface area contributed by atoms with Crippen molar-refractivity contribution < 1.29 is 18.7 Å². The SMILES string of the molecule is COc1ccc(CCN(Cc2ccc(C)o2)C(=O)CNCC2CC2)cc1OC. The summed E-state index contributed by atoms with van der Waals surface area (Å²) in [6.45, 7) is 4.29. The number of aryl methyl sites for hydroxylation is 1. The van der Waals surface area contributed by atoms with Gasteiger partial charge >= 0.3 is 0 Å². The molecule has 0 bridgehead atoms. The number of benzene rings is 1. The predicted octanol–water partition coefficient (Wildman–Crippen LogP) is 3.18. The van der Waals surface area contributed by atoms with E-state index >= 15 is 0 Å². The fourth-order valence-corrected chi connectivity index (χ4v) is 3.17. The lowest BCUT2D eigenvalue weighted by atomic mass is 10.1. The number of rotatable bonds is 11. The highest BCUT2D eigenvalue weighted by Gasteiger charge is 2.22. The van der Waals surface area contributed by atoms with Crippen molar-refractivity contribution >= 4 is 5.91 Å². The van der Waals surface area contributed by atoms with Gasteiger partial charge in [0, 0.05) is 6.54 Å².